The number of amides is 2. The van der Waals surface area contributed by atoms with Crippen LogP contribution in [0, 0.1) is 5.82 Å². The van der Waals surface area contributed by atoms with Crippen molar-refractivity contribution in [3.05, 3.63) is 65.7 Å². The Balaban J connectivity index is 1.34. The molecule has 2 aromatic carbocycles. The van der Waals surface area contributed by atoms with E-state index in [1.165, 1.54) is 41.3 Å². The predicted molar refractivity (Wildman–Crippen MR) is 122 cm³/mol. The van der Waals surface area contributed by atoms with Crippen molar-refractivity contribution >= 4 is 50.3 Å². The average Bonchev–Trinajstić information content (AvgIpc) is 3.38. The zero-order chi connectivity index (χ0) is 22.5. The minimum absolute atomic E-state index is 0.0313. The SMILES string of the molecule is CCn1c(CNC(=O)c2ccccc2F)nnc1SCC(=O)Nc1nc2ccccc2s1. The molecule has 2 heterocycles. The zero-order valence-electron chi connectivity index (χ0n) is 17.0. The molecular weight excluding hydrogens is 451 g/mol. The molecule has 2 N–H and O–H groups in total. The van der Waals surface area contributed by atoms with E-state index in [9.17, 15) is 14.0 Å². The molecule has 4 aromatic rings. The molecule has 0 radical (unpaired) electrons. The number of hydrogen-bond donors (Lipinski definition) is 2. The fraction of sp³-hybridized carbons (Fsp3) is 0.190. The number of rotatable bonds is 8. The highest BCUT2D eigenvalue weighted by Gasteiger charge is 2.16. The Kier molecular flexibility index (Phi) is 6.76. The van der Waals surface area contributed by atoms with E-state index in [1.807, 2.05) is 31.2 Å². The molecule has 2 aromatic heterocycles. The van der Waals surface area contributed by atoms with Crippen LogP contribution >= 0.6 is 23.1 Å². The molecule has 0 aliphatic carbocycles. The third-order valence-corrected chi connectivity index (χ3v) is 6.43. The molecule has 0 atom stereocenters. The molecule has 4 rings (SSSR count). The maximum absolute atomic E-state index is 13.8. The number of para-hydroxylation sites is 1. The molecule has 11 heteroatoms. The first-order valence-electron chi connectivity index (χ1n) is 9.78. The van der Waals surface area contributed by atoms with Gasteiger partial charge in [0.2, 0.25) is 5.91 Å². The Morgan fingerprint density at radius 1 is 1.12 bits per heavy atom. The van der Waals surface area contributed by atoms with Gasteiger partial charge in [-0.1, -0.05) is 47.4 Å². The summed E-state index contributed by atoms with van der Waals surface area (Å²) in [7, 11) is 0. The molecule has 0 aliphatic heterocycles. The molecule has 0 spiro atoms. The number of benzene rings is 2. The van der Waals surface area contributed by atoms with E-state index < -0.39 is 11.7 Å². The van der Waals surface area contributed by atoms with Crippen molar-refractivity contribution < 1.29 is 14.0 Å². The normalized spacial score (nSPS) is 10.9. The summed E-state index contributed by atoms with van der Waals surface area (Å²) in [6.07, 6.45) is 0. The van der Waals surface area contributed by atoms with Gasteiger partial charge in [0.15, 0.2) is 16.1 Å². The molecule has 0 aliphatic rings. The van der Waals surface area contributed by atoms with E-state index in [4.69, 9.17) is 0 Å². The first kappa shape index (κ1) is 21.9. The largest absolute Gasteiger partial charge is 0.345 e. The molecule has 164 valence electrons. The molecule has 0 saturated heterocycles. The highest BCUT2D eigenvalue weighted by Crippen LogP contribution is 2.26. The second-order valence-electron chi connectivity index (χ2n) is 6.63. The van der Waals surface area contributed by atoms with E-state index in [-0.39, 0.29) is 23.8 Å². The van der Waals surface area contributed by atoms with E-state index in [2.05, 4.69) is 25.8 Å². The maximum Gasteiger partial charge on any atom is 0.254 e. The standard InChI is InChI=1S/C21H19FN6O2S2/c1-2-28-17(11-23-19(30)13-7-3-4-8-14(13)22)26-27-21(28)31-12-18(29)25-20-24-15-9-5-6-10-16(15)32-20/h3-10H,2,11-12H2,1H3,(H,23,30)(H,24,25,29). The number of halogens is 1. The number of nitrogens with zero attached hydrogens (tertiary/aromatic N) is 4. The third kappa shape index (κ3) is 4.94. The monoisotopic (exact) mass is 470 g/mol. The molecule has 2 amide bonds. The number of carbonyl (C=O) groups is 2. The van der Waals surface area contributed by atoms with Gasteiger partial charge in [0.25, 0.3) is 5.91 Å². The molecule has 32 heavy (non-hydrogen) atoms. The van der Waals surface area contributed by atoms with Gasteiger partial charge in [-0.05, 0) is 31.2 Å². The average molecular weight is 471 g/mol. The Hall–Kier alpha value is -3.31. The van der Waals surface area contributed by atoms with Gasteiger partial charge in [-0.2, -0.15) is 0 Å². The Morgan fingerprint density at radius 3 is 2.69 bits per heavy atom. The Morgan fingerprint density at radius 2 is 1.91 bits per heavy atom. The summed E-state index contributed by atoms with van der Waals surface area (Å²) in [5.74, 6) is -0.661. The van der Waals surface area contributed by atoms with Crippen LogP contribution in [0.4, 0.5) is 9.52 Å². The summed E-state index contributed by atoms with van der Waals surface area (Å²) < 4.78 is 16.6. The fourth-order valence-electron chi connectivity index (χ4n) is 2.99. The van der Waals surface area contributed by atoms with Crippen LogP contribution in [-0.4, -0.2) is 37.3 Å². The van der Waals surface area contributed by atoms with Crippen LogP contribution in [0.25, 0.3) is 10.2 Å². The summed E-state index contributed by atoms with van der Waals surface area (Å²) in [5.41, 5.74) is 0.810. The molecule has 0 unspecified atom stereocenters. The molecule has 0 bridgehead atoms. The van der Waals surface area contributed by atoms with Crippen molar-refractivity contribution in [1.29, 1.82) is 0 Å². The Bertz CT molecular complexity index is 1240. The topological polar surface area (TPSA) is 102 Å². The third-order valence-electron chi connectivity index (χ3n) is 4.51. The zero-order valence-corrected chi connectivity index (χ0v) is 18.7. The van der Waals surface area contributed by atoms with Crippen LogP contribution < -0.4 is 10.6 Å². The van der Waals surface area contributed by atoms with Crippen molar-refractivity contribution in [2.24, 2.45) is 0 Å². The first-order chi connectivity index (χ1) is 15.5. The quantitative estimate of drug-likeness (QED) is 0.381. The number of thioether (sulfide) groups is 1. The predicted octanol–water partition coefficient (Wildman–Crippen LogP) is 3.71. The summed E-state index contributed by atoms with van der Waals surface area (Å²) in [4.78, 5) is 29.0. The number of thiazole rings is 1. The number of aromatic nitrogens is 4. The second-order valence-corrected chi connectivity index (χ2v) is 8.60. The minimum Gasteiger partial charge on any atom is -0.345 e. The molecule has 0 fully saturated rings. The van der Waals surface area contributed by atoms with Gasteiger partial charge in [0, 0.05) is 6.54 Å². The highest BCUT2D eigenvalue weighted by molar-refractivity contribution is 7.99. The Labute approximate surface area is 191 Å². The highest BCUT2D eigenvalue weighted by atomic mass is 32.2. The van der Waals surface area contributed by atoms with Crippen LogP contribution in [0.5, 0.6) is 0 Å². The first-order valence-corrected chi connectivity index (χ1v) is 11.6. The van der Waals surface area contributed by atoms with Crippen molar-refractivity contribution in [3.8, 4) is 0 Å². The van der Waals surface area contributed by atoms with Gasteiger partial charge in [-0.25, -0.2) is 9.37 Å². The van der Waals surface area contributed by atoms with Crippen molar-refractivity contribution in [3.63, 3.8) is 0 Å². The summed E-state index contributed by atoms with van der Waals surface area (Å²) in [6, 6.07) is 13.4. The lowest BCUT2D eigenvalue weighted by Gasteiger charge is -2.09. The van der Waals surface area contributed by atoms with Crippen LogP contribution in [0.15, 0.2) is 53.7 Å². The van der Waals surface area contributed by atoms with E-state index >= 15 is 0 Å². The summed E-state index contributed by atoms with van der Waals surface area (Å²) in [6.45, 7) is 2.56. The fourth-order valence-corrected chi connectivity index (χ4v) is 4.69. The van der Waals surface area contributed by atoms with Gasteiger partial charge < -0.3 is 15.2 Å². The summed E-state index contributed by atoms with van der Waals surface area (Å²) in [5, 5.41) is 14.8. The lowest BCUT2D eigenvalue weighted by atomic mass is 10.2. The van der Waals surface area contributed by atoms with Crippen molar-refractivity contribution in [2.45, 2.75) is 25.2 Å². The lowest BCUT2D eigenvalue weighted by molar-refractivity contribution is -0.113. The number of fused-ring (bicyclic) bond motifs is 1. The van der Waals surface area contributed by atoms with Gasteiger partial charge in [-0.3, -0.25) is 9.59 Å². The minimum atomic E-state index is -0.586. The number of nitrogens with one attached hydrogen (secondary N) is 2. The van der Waals surface area contributed by atoms with E-state index in [0.717, 1.165) is 10.2 Å². The molecule has 8 nitrogen and oxygen atoms in total. The maximum atomic E-state index is 13.8. The van der Waals surface area contributed by atoms with Crippen molar-refractivity contribution in [2.75, 3.05) is 11.1 Å². The van der Waals surface area contributed by atoms with Gasteiger partial charge in [0.1, 0.15) is 5.82 Å². The lowest BCUT2D eigenvalue weighted by Crippen LogP contribution is -2.25. The summed E-state index contributed by atoms with van der Waals surface area (Å²) >= 11 is 2.66. The molecular formula is C21H19FN6O2S2. The van der Waals surface area contributed by atoms with Crippen LogP contribution in [0.1, 0.15) is 23.1 Å². The number of hydrogen-bond acceptors (Lipinski definition) is 7. The molecule has 0 saturated carbocycles. The number of anilines is 1. The van der Waals surface area contributed by atoms with Crippen LogP contribution in [-0.2, 0) is 17.9 Å². The van der Waals surface area contributed by atoms with Crippen LogP contribution in [0.3, 0.4) is 0 Å². The van der Waals surface area contributed by atoms with Crippen molar-refractivity contribution in [1.82, 2.24) is 25.1 Å². The van der Waals surface area contributed by atoms with Gasteiger partial charge in [-0.15, -0.1) is 10.2 Å². The van der Waals surface area contributed by atoms with E-state index in [1.54, 1.807) is 10.6 Å². The second kappa shape index (κ2) is 9.88. The smallest absolute Gasteiger partial charge is 0.254 e. The van der Waals surface area contributed by atoms with Gasteiger partial charge in [0.05, 0.1) is 28.1 Å². The van der Waals surface area contributed by atoms with Gasteiger partial charge >= 0.3 is 0 Å². The van der Waals surface area contributed by atoms with E-state index in [0.29, 0.717) is 22.7 Å². The van der Waals surface area contributed by atoms with Crippen LogP contribution in [0.2, 0.25) is 0 Å². The number of carbonyl (C=O) groups excluding carboxylic acids is 2.